The Morgan fingerprint density at radius 1 is 1.25 bits per heavy atom. The molecule has 2 atom stereocenters. The molecule has 1 saturated heterocycles. The van der Waals surface area contributed by atoms with Crippen molar-refractivity contribution in [2.45, 2.75) is 51.2 Å². The van der Waals surface area contributed by atoms with E-state index >= 15 is 0 Å². The van der Waals surface area contributed by atoms with Gasteiger partial charge in [0.15, 0.2) is 5.76 Å². The highest BCUT2D eigenvalue weighted by atomic mass is 16.6. The number of rotatable bonds is 4. The summed E-state index contributed by atoms with van der Waals surface area (Å²) in [5, 5.41) is 8.18. The zero-order valence-corrected chi connectivity index (χ0v) is 16.3. The van der Waals surface area contributed by atoms with Crippen molar-refractivity contribution in [2.75, 3.05) is 13.7 Å². The van der Waals surface area contributed by atoms with Crippen LogP contribution >= 0.6 is 0 Å². The zero-order chi connectivity index (χ0) is 19.5. The Kier molecular flexibility index (Phi) is 5.32. The van der Waals surface area contributed by atoms with Crippen LogP contribution in [0, 0.1) is 6.92 Å². The van der Waals surface area contributed by atoms with E-state index in [1.165, 1.54) is 0 Å². The predicted octanol–water partition coefficient (Wildman–Crippen LogP) is 3.63. The first-order valence-electron chi connectivity index (χ1n) is 9.76. The Bertz CT molecular complexity index is 876. The molecule has 28 heavy (non-hydrogen) atoms. The minimum atomic E-state index is -0.606. The normalized spacial score (nSPS) is 22.4. The van der Waals surface area contributed by atoms with Gasteiger partial charge in [-0.3, -0.25) is 4.79 Å². The monoisotopic (exact) mass is 383 g/mol. The molecule has 7 nitrogen and oxygen atoms in total. The Morgan fingerprint density at radius 2 is 2.14 bits per heavy atom. The zero-order valence-electron chi connectivity index (χ0n) is 16.3. The Labute approximate surface area is 164 Å². The van der Waals surface area contributed by atoms with Gasteiger partial charge in [-0.15, -0.1) is 0 Å². The van der Waals surface area contributed by atoms with E-state index in [2.05, 4.69) is 10.3 Å². The minimum Gasteiger partial charge on any atom is -0.497 e. The van der Waals surface area contributed by atoms with Crippen LogP contribution in [0.3, 0.4) is 0 Å². The molecule has 1 fully saturated rings. The number of aryl methyl sites for hydroxylation is 1. The number of carbonyl (C=O) groups is 1. The summed E-state index contributed by atoms with van der Waals surface area (Å²) in [6.45, 7) is 2.59. The number of benzene rings is 1. The van der Waals surface area contributed by atoms with Gasteiger partial charge in [-0.25, -0.2) is 0 Å². The van der Waals surface area contributed by atoms with E-state index in [0.717, 1.165) is 54.2 Å². The molecule has 3 heterocycles. The van der Waals surface area contributed by atoms with E-state index in [4.69, 9.17) is 14.1 Å². The SMILES string of the molecule is COc1cccc(C2=NO[C@@H](C(=O)N3CCCCC[C@@H]3c3cc(C)no3)C2)c1. The molecule has 1 aromatic heterocycles. The number of hydrogen-bond acceptors (Lipinski definition) is 6. The molecule has 7 heteroatoms. The molecule has 0 N–H and O–H groups in total. The molecule has 0 saturated carbocycles. The van der Waals surface area contributed by atoms with Crippen LogP contribution in [0.25, 0.3) is 0 Å². The number of likely N-dealkylation sites (tertiary alicyclic amines) is 1. The lowest BCUT2D eigenvalue weighted by Crippen LogP contribution is -2.41. The summed E-state index contributed by atoms with van der Waals surface area (Å²) in [5.41, 5.74) is 2.50. The molecule has 0 aliphatic carbocycles. The maximum Gasteiger partial charge on any atom is 0.267 e. The molecule has 0 radical (unpaired) electrons. The standard InChI is InChI=1S/C21H25N3O4/c1-14-11-19(27-22-14)18-9-4-3-5-10-24(18)21(25)20-13-17(23-28-20)15-7-6-8-16(12-15)26-2/h6-8,11-12,18,20H,3-5,9-10,13H2,1-2H3/t18-,20-/m1/s1. The molecule has 1 amide bonds. The first-order valence-corrected chi connectivity index (χ1v) is 9.76. The second kappa shape index (κ2) is 8.04. The van der Waals surface area contributed by atoms with Gasteiger partial charge in [0.25, 0.3) is 5.91 Å². The molecular weight excluding hydrogens is 358 g/mol. The third kappa shape index (κ3) is 3.74. The van der Waals surface area contributed by atoms with Crippen molar-refractivity contribution in [3.63, 3.8) is 0 Å². The first kappa shape index (κ1) is 18.5. The van der Waals surface area contributed by atoms with E-state index in [0.29, 0.717) is 13.0 Å². The van der Waals surface area contributed by atoms with E-state index in [1.54, 1.807) is 7.11 Å². The fourth-order valence-corrected chi connectivity index (χ4v) is 3.88. The largest absolute Gasteiger partial charge is 0.497 e. The Hall–Kier alpha value is -2.83. The number of nitrogens with zero attached hydrogens (tertiary/aromatic N) is 3. The molecule has 0 spiro atoms. The molecule has 0 unspecified atom stereocenters. The van der Waals surface area contributed by atoms with Crippen LogP contribution in [0.15, 0.2) is 40.0 Å². The number of methoxy groups -OCH3 is 1. The van der Waals surface area contributed by atoms with Crippen molar-refractivity contribution >= 4 is 11.6 Å². The predicted molar refractivity (Wildman–Crippen MR) is 103 cm³/mol. The highest BCUT2D eigenvalue weighted by Crippen LogP contribution is 2.32. The Morgan fingerprint density at radius 3 is 2.93 bits per heavy atom. The van der Waals surface area contributed by atoms with Crippen molar-refractivity contribution in [2.24, 2.45) is 5.16 Å². The number of hydrogen-bond donors (Lipinski definition) is 0. The van der Waals surface area contributed by atoms with Crippen molar-refractivity contribution in [3.8, 4) is 5.75 Å². The fraction of sp³-hybridized carbons (Fsp3) is 0.476. The van der Waals surface area contributed by atoms with E-state index < -0.39 is 6.10 Å². The van der Waals surface area contributed by atoms with Gasteiger partial charge in [-0.1, -0.05) is 35.3 Å². The van der Waals surface area contributed by atoms with Crippen molar-refractivity contribution < 1.29 is 18.9 Å². The summed E-state index contributed by atoms with van der Waals surface area (Å²) in [7, 11) is 1.63. The van der Waals surface area contributed by atoms with Gasteiger partial charge < -0.3 is 19.0 Å². The summed E-state index contributed by atoms with van der Waals surface area (Å²) >= 11 is 0. The van der Waals surface area contributed by atoms with Crippen LogP contribution in [0.2, 0.25) is 0 Å². The molecule has 2 aliphatic rings. The number of aromatic nitrogens is 1. The molecule has 1 aromatic carbocycles. The summed E-state index contributed by atoms with van der Waals surface area (Å²) in [4.78, 5) is 20.7. The highest BCUT2D eigenvalue weighted by Gasteiger charge is 2.37. The molecule has 2 aromatic rings. The second-order valence-electron chi connectivity index (χ2n) is 7.34. The molecule has 4 rings (SSSR count). The number of carbonyl (C=O) groups excluding carboxylic acids is 1. The number of oxime groups is 1. The first-order chi connectivity index (χ1) is 13.7. The van der Waals surface area contributed by atoms with Gasteiger partial charge in [0.2, 0.25) is 6.10 Å². The van der Waals surface area contributed by atoms with Crippen LogP contribution in [0.5, 0.6) is 5.75 Å². The van der Waals surface area contributed by atoms with Crippen molar-refractivity contribution in [1.82, 2.24) is 10.1 Å². The number of ether oxygens (including phenoxy) is 1. The average Bonchev–Trinajstić information content (AvgIpc) is 3.31. The lowest BCUT2D eigenvalue weighted by molar-refractivity contribution is -0.145. The van der Waals surface area contributed by atoms with Crippen molar-refractivity contribution in [1.29, 1.82) is 0 Å². The van der Waals surface area contributed by atoms with Crippen LogP contribution in [0.1, 0.15) is 55.2 Å². The van der Waals surface area contributed by atoms with Gasteiger partial charge in [-0.2, -0.15) is 0 Å². The quantitative estimate of drug-likeness (QED) is 0.806. The van der Waals surface area contributed by atoms with Crippen LogP contribution in [0.4, 0.5) is 0 Å². The topological polar surface area (TPSA) is 77.2 Å². The highest BCUT2D eigenvalue weighted by molar-refractivity contribution is 6.04. The van der Waals surface area contributed by atoms with Crippen LogP contribution in [-0.2, 0) is 9.63 Å². The summed E-state index contributed by atoms with van der Waals surface area (Å²) in [6, 6.07) is 9.46. The van der Waals surface area contributed by atoms with Gasteiger partial charge in [0.1, 0.15) is 5.75 Å². The molecule has 148 valence electrons. The second-order valence-corrected chi connectivity index (χ2v) is 7.34. The van der Waals surface area contributed by atoms with Gasteiger partial charge in [-0.05, 0) is 31.9 Å². The van der Waals surface area contributed by atoms with Gasteiger partial charge in [0.05, 0.1) is 24.6 Å². The Balaban J connectivity index is 1.50. The smallest absolute Gasteiger partial charge is 0.267 e. The maximum absolute atomic E-state index is 13.3. The summed E-state index contributed by atoms with van der Waals surface area (Å²) in [5.74, 6) is 1.46. The molecular formula is C21H25N3O4. The van der Waals surface area contributed by atoms with E-state index in [9.17, 15) is 4.79 Å². The third-order valence-electron chi connectivity index (χ3n) is 5.36. The lowest BCUT2D eigenvalue weighted by Gasteiger charge is -2.29. The van der Waals surface area contributed by atoms with Gasteiger partial charge >= 0.3 is 0 Å². The van der Waals surface area contributed by atoms with E-state index in [1.807, 2.05) is 42.2 Å². The van der Waals surface area contributed by atoms with Crippen molar-refractivity contribution in [3.05, 3.63) is 47.3 Å². The minimum absolute atomic E-state index is 0.0393. The number of amides is 1. The van der Waals surface area contributed by atoms with Crippen LogP contribution in [-0.4, -0.2) is 41.4 Å². The molecule has 0 bridgehead atoms. The maximum atomic E-state index is 13.3. The average molecular weight is 383 g/mol. The third-order valence-corrected chi connectivity index (χ3v) is 5.36. The summed E-state index contributed by atoms with van der Waals surface area (Å²) in [6.07, 6.45) is 3.86. The molecule has 2 aliphatic heterocycles. The fourth-order valence-electron chi connectivity index (χ4n) is 3.88. The van der Waals surface area contributed by atoms with E-state index in [-0.39, 0.29) is 11.9 Å². The van der Waals surface area contributed by atoms with Gasteiger partial charge in [0, 0.05) is 24.6 Å². The van der Waals surface area contributed by atoms with Crippen LogP contribution < -0.4 is 4.74 Å². The summed E-state index contributed by atoms with van der Waals surface area (Å²) < 4.78 is 10.8. The lowest BCUT2D eigenvalue weighted by atomic mass is 10.0.